The van der Waals surface area contributed by atoms with Gasteiger partial charge in [-0.1, -0.05) is 0 Å². The fourth-order valence-corrected chi connectivity index (χ4v) is 7.13. The molecule has 4 bridgehead atoms. The molecule has 4 fully saturated rings. The molecule has 0 atom stereocenters. The van der Waals surface area contributed by atoms with Crippen LogP contribution in [0.3, 0.4) is 0 Å². The van der Waals surface area contributed by atoms with Gasteiger partial charge in [0.05, 0.1) is 25.4 Å². The summed E-state index contributed by atoms with van der Waals surface area (Å²) in [5.74, 6) is 3.29. The van der Waals surface area contributed by atoms with Gasteiger partial charge in [0, 0.05) is 12.6 Å². The molecule has 0 unspecified atom stereocenters. The van der Waals surface area contributed by atoms with Crippen molar-refractivity contribution in [2.45, 2.75) is 62.9 Å². The molecule has 29 heavy (non-hydrogen) atoms. The van der Waals surface area contributed by atoms with Gasteiger partial charge in [0.25, 0.3) is 0 Å². The van der Waals surface area contributed by atoms with E-state index in [1.165, 1.54) is 25.3 Å². The summed E-state index contributed by atoms with van der Waals surface area (Å²) in [6.07, 6.45) is 7.55. The molecule has 0 amide bonds. The van der Waals surface area contributed by atoms with E-state index in [2.05, 4.69) is 4.72 Å². The van der Waals surface area contributed by atoms with E-state index in [1.54, 1.807) is 12.1 Å². The molecule has 6 nitrogen and oxygen atoms in total. The summed E-state index contributed by atoms with van der Waals surface area (Å²) < 4.78 is 45.8. The summed E-state index contributed by atoms with van der Waals surface area (Å²) in [6, 6.07) is 4.90. The van der Waals surface area contributed by atoms with Crippen LogP contribution in [0.4, 0.5) is 0 Å². The molecule has 1 aromatic rings. The Morgan fingerprint density at radius 3 is 2.21 bits per heavy atom. The Bertz CT molecular complexity index is 787. The average Bonchev–Trinajstić information content (AvgIpc) is 2.66. The number of nitrogens with one attached hydrogen (secondary N) is 1. The number of hydrogen-bond donors (Lipinski definition) is 1. The second-order valence-corrected chi connectivity index (χ2v) is 10.6. The monoisotopic (exact) mass is 423 g/mol. The normalized spacial score (nSPS) is 30.5. The van der Waals surface area contributed by atoms with Gasteiger partial charge < -0.3 is 14.2 Å². The largest absolute Gasteiger partial charge is 0.494 e. The summed E-state index contributed by atoms with van der Waals surface area (Å²) in [6.45, 7) is 5.23. The Labute approximate surface area is 174 Å². The van der Waals surface area contributed by atoms with Gasteiger partial charge in [0.15, 0.2) is 0 Å². The Balaban J connectivity index is 1.37. The fraction of sp³-hybridized carbons (Fsp3) is 0.727. The first-order chi connectivity index (χ1) is 13.9. The molecule has 0 aromatic heterocycles. The van der Waals surface area contributed by atoms with Crippen molar-refractivity contribution in [3.63, 3.8) is 0 Å². The van der Waals surface area contributed by atoms with Crippen molar-refractivity contribution in [2.24, 2.45) is 17.8 Å². The Kier molecular flexibility index (Phi) is 6.09. The summed E-state index contributed by atoms with van der Waals surface area (Å²) >= 11 is 0. The molecular formula is C22H33NO5S. The van der Waals surface area contributed by atoms with E-state index in [0.29, 0.717) is 31.3 Å². The van der Waals surface area contributed by atoms with Crippen LogP contribution in [0.25, 0.3) is 0 Å². The molecule has 0 saturated heterocycles. The van der Waals surface area contributed by atoms with Crippen LogP contribution >= 0.6 is 0 Å². The Morgan fingerprint density at radius 1 is 1.00 bits per heavy atom. The van der Waals surface area contributed by atoms with Crippen molar-refractivity contribution in [2.75, 3.05) is 26.4 Å². The molecule has 0 heterocycles. The highest BCUT2D eigenvalue weighted by molar-refractivity contribution is 7.89. The van der Waals surface area contributed by atoms with E-state index in [1.807, 2.05) is 13.8 Å². The molecule has 1 aromatic carbocycles. The third-order valence-electron chi connectivity index (χ3n) is 6.60. The van der Waals surface area contributed by atoms with Crippen LogP contribution in [0.15, 0.2) is 23.1 Å². The van der Waals surface area contributed by atoms with E-state index < -0.39 is 10.0 Å². The standard InChI is InChI=1S/C22H33NO5S/c1-3-26-19-5-6-20(27-4-2)21(12-19)29(24,25)23-7-8-28-22-13-16-9-17(14-22)11-18(10-16)15-22/h5-6,12,16-18,23H,3-4,7-11,13-15H2,1-2H3. The first-order valence-electron chi connectivity index (χ1n) is 11.0. The highest BCUT2D eigenvalue weighted by Gasteiger charge is 2.51. The SMILES string of the molecule is CCOc1ccc(OCC)c(S(=O)(=O)NCCOC23CC4CC(CC(C4)C2)C3)c1. The summed E-state index contributed by atoms with van der Waals surface area (Å²) in [7, 11) is -3.72. The predicted molar refractivity (Wildman–Crippen MR) is 111 cm³/mol. The zero-order chi connectivity index (χ0) is 20.5. The number of ether oxygens (including phenoxy) is 3. The van der Waals surface area contributed by atoms with Gasteiger partial charge in [-0.25, -0.2) is 13.1 Å². The zero-order valence-corrected chi connectivity index (χ0v) is 18.3. The maximum absolute atomic E-state index is 12.9. The molecule has 4 aliphatic rings. The second kappa shape index (κ2) is 8.44. The highest BCUT2D eigenvalue weighted by Crippen LogP contribution is 2.57. The van der Waals surface area contributed by atoms with Crippen molar-refractivity contribution >= 4 is 10.0 Å². The molecule has 1 N–H and O–H groups in total. The highest BCUT2D eigenvalue weighted by atomic mass is 32.2. The van der Waals surface area contributed by atoms with Crippen molar-refractivity contribution in [1.29, 1.82) is 0 Å². The maximum atomic E-state index is 12.9. The quantitative estimate of drug-likeness (QED) is 0.580. The molecule has 4 saturated carbocycles. The number of benzene rings is 1. The molecule has 7 heteroatoms. The minimum Gasteiger partial charge on any atom is -0.494 e. The van der Waals surface area contributed by atoms with Crippen LogP contribution in [0, 0.1) is 17.8 Å². The second-order valence-electron chi connectivity index (χ2n) is 8.82. The van der Waals surface area contributed by atoms with Crippen LogP contribution in [0.1, 0.15) is 52.4 Å². The lowest BCUT2D eigenvalue weighted by Gasteiger charge is -2.56. The molecule has 4 aliphatic carbocycles. The van der Waals surface area contributed by atoms with Gasteiger partial charge in [-0.05, 0) is 82.3 Å². The topological polar surface area (TPSA) is 73.9 Å². The van der Waals surface area contributed by atoms with Gasteiger partial charge in [-0.15, -0.1) is 0 Å². The van der Waals surface area contributed by atoms with E-state index >= 15 is 0 Å². The predicted octanol–water partition coefficient (Wildman–Crippen LogP) is 3.75. The Hall–Kier alpha value is -1.31. The van der Waals surface area contributed by atoms with Crippen LogP contribution < -0.4 is 14.2 Å². The maximum Gasteiger partial charge on any atom is 0.244 e. The van der Waals surface area contributed by atoms with Crippen LogP contribution in [0.5, 0.6) is 11.5 Å². The molecular weight excluding hydrogens is 390 g/mol. The molecule has 0 spiro atoms. The third kappa shape index (κ3) is 4.57. The molecule has 5 rings (SSSR count). The lowest BCUT2D eigenvalue weighted by atomic mass is 9.54. The number of rotatable bonds is 10. The lowest BCUT2D eigenvalue weighted by molar-refractivity contribution is -0.160. The zero-order valence-electron chi connectivity index (χ0n) is 17.5. The number of sulfonamides is 1. The fourth-order valence-electron chi connectivity index (χ4n) is 5.96. The van der Waals surface area contributed by atoms with E-state index in [-0.39, 0.29) is 17.0 Å². The Morgan fingerprint density at radius 2 is 1.62 bits per heavy atom. The van der Waals surface area contributed by atoms with E-state index in [0.717, 1.165) is 37.0 Å². The van der Waals surface area contributed by atoms with Gasteiger partial charge in [0.2, 0.25) is 10.0 Å². The summed E-state index contributed by atoms with van der Waals surface area (Å²) in [5, 5.41) is 0. The summed E-state index contributed by atoms with van der Waals surface area (Å²) in [5.41, 5.74) is -0.00838. The molecule has 0 radical (unpaired) electrons. The lowest BCUT2D eigenvalue weighted by Crippen LogP contribution is -2.52. The van der Waals surface area contributed by atoms with Crippen LogP contribution in [-0.2, 0) is 14.8 Å². The molecule has 0 aliphatic heterocycles. The smallest absolute Gasteiger partial charge is 0.244 e. The van der Waals surface area contributed by atoms with Gasteiger partial charge in [-0.2, -0.15) is 0 Å². The van der Waals surface area contributed by atoms with Gasteiger partial charge >= 0.3 is 0 Å². The van der Waals surface area contributed by atoms with Crippen molar-refractivity contribution in [1.82, 2.24) is 4.72 Å². The van der Waals surface area contributed by atoms with Gasteiger partial charge in [-0.3, -0.25) is 0 Å². The average molecular weight is 424 g/mol. The summed E-state index contributed by atoms with van der Waals surface area (Å²) in [4.78, 5) is 0.111. The third-order valence-corrected chi connectivity index (χ3v) is 8.08. The van der Waals surface area contributed by atoms with E-state index in [9.17, 15) is 8.42 Å². The first kappa shape index (κ1) is 20.9. The minimum atomic E-state index is -3.72. The van der Waals surface area contributed by atoms with E-state index in [4.69, 9.17) is 14.2 Å². The van der Waals surface area contributed by atoms with Crippen molar-refractivity contribution in [3.8, 4) is 11.5 Å². The number of hydrogen-bond acceptors (Lipinski definition) is 5. The minimum absolute atomic E-state index is 0.00838. The molecule has 162 valence electrons. The van der Waals surface area contributed by atoms with Crippen LogP contribution in [0.2, 0.25) is 0 Å². The first-order valence-corrected chi connectivity index (χ1v) is 12.4. The van der Waals surface area contributed by atoms with Crippen molar-refractivity contribution < 1.29 is 22.6 Å². The van der Waals surface area contributed by atoms with Gasteiger partial charge in [0.1, 0.15) is 16.4 Å². The van der Waals surface area contributed by atoms with Crippen LogP contribution in [-0.4, -0.2) is 40.4 Å². The van der Waals surface area contributed by atoms with Crippen molar-refractivity contribution in [3.05, 3.63) is 18.2 Å².